The van der Waals surface area contributed by atoms with E-state index < -0.39 is 0 Å². The van der Waals surface area contributed by atoms with Crippen LogP contribution in [0.2, 0.25) is 5.02 Å². The van der Waals surface area contributed by atoms with Crippen molar-refractivity contribution < 1.29 is 19.1 Å². The number of halogens is 1. The van der Waals surface area contributed by atoms with Crippen LogP contribution < -0.4 is 20.1 Å². The van der Waals surface area contributed by atoms with Gasteiger partial charge >= 0.3 is 0 Å². The van der Waals surface area contributed by atoms with Crippen LogP contribution in [0, 0.1) is 11.8 Å². The van der Waals surface area contributed by atoms with Gasteiger partial charge in [0.15, 0.2) is 5.75 Å². The molecular weight excluding hydrogens is 506 g/mol. The number of nitrogens with one attached hydrogen (secondary N) is 3. The van der Waals surface area contributed by atoms with E-state index in [4.69, 9.17) is 21.1 Å². The lowest BCUT2D eigenvalue weighted by Gasteiger charge is -2.23. The maximum atomic E-state index is 13.0. The molecule has 0 saturated carbocycles. The molecule has 0 unspecified atom stereocenters. The number of hydrogen-bond donors (Lipinski definition) is 3. The molecule has 0 aliphatic carbocycles. The molecule has 2 aliphatic heterocycles. The summed E-state index contributed by atoms with van der Waals surface area (Å²) in [6.45, 7) is 3.16. The molecule has 3 aromatic rings. The molecule has 2 amide bonds. The van der Waals surface area contributed by atoms with E-state index >= 15 is 0 Å². The summed E-state index contributed by atoms with van der Waals surface area (Å²) in [7, 11) is 1.55. The number of likely N-dealkylation sites (tertiary alicyclic amines) is 1. The Kier molecular flexibility index (Phi) is 7.43. The minimum absolute atomic E-state index is 0.0765. The average Bonchev–Trinajstić information content (AvgIpc) is 3.53. The lowest BCUT2D eigenvalue weighted by Crippen LogP contribution is -2.38. The van der Waals surface area contributed by atoms with Crippen molar-refractivity contribution in [3.05, 3.63) is 52.9 Å². The van der Waals surface area contributed by atoms with Gasteiger partial charge in [-0.25, -0.2) is 0 Å². The molecule has 196 valence electrons. The third kappa shape index (κ3) is 4.87. The van der Waals surface area contributed by atoms with E-state index in [0.29, 0.717) is 65.3 Å². The fraction of sp³-hybridized carbons (Fsp3) is 0.321. The number of aromatic nitrogens is 2. The molecule has 1 saturated heterocycles. The number of carbonyl (C=O) groups excluding carboxylic acids is 2. The van der Waals surface area contributed by atoms with Crippen LogP contribution in [-0.2, 0) is 11.2 Å². The van der Waals surface area contributed by atoms with Crippen LogP contribution in [-0.4, -0.2) is 59.5 Å². The molecule has 0 radical (unpaired) electrons. The first-order chi connectivity index (χ1) is 18.5. The van der Waals surface area contributed by atoms with E-state index in [9.17, 15) is 9.59 Å². The molecule has 1 atom stereocenters. The minimum Gasteiger partial charge on any atom is -0.493 e. The van der Waals surface area contributed by atoms with Crippen LogP contribution >= 0.6 is 11.6 Å². The number of fused-ring (bicyclic) bond motifs is 1. The number of para-hydroxylation sites is 1. The maximum absolute atomic E-state index is 13.0. The number of anilines is 2. The first-order valence-corrected chi connectivity index (χ1v) is 12.8. The second kappa shape index (κ2) is 11.1. The predicted molar refractivity (Wildman–Crippen MR) is 145 cm³/mol. The number of nitrogens with zero attached hydrogens (tertiary/aromatic N) is 2. The number of H-pyrrole nitrogens is 1. The van der Waals surface area contributed by atoms with Gasteiger partial charge in [0.2, 0.25) is 0 Å². The summed E-state index contributed by atoms with van der Waals surface area (Å²) in [5.74, 6) is 5.95. The Hall–Kier alpha value is -4.16. The second-order valence-corrected chi connectivity index (χ2v) is 9.44. The molecule has 10 heteroatoms. The van der Waals surface area contributed by atoms with Crippen LogP contribution in [0.1, 0.15) is 35.8 Å². The first-order valence-electron chi connectivity index (χ1n) is 12.4. The summed E-state index contributed by atoms with van der Waals surface area (Å²) >= 11 is 6.36. The number of aromatic amines is 1. The summed E-state index contributed by atoms with van der Waals surface area (Å²) in [5, 5.41) is 6.76. The van der Waals surface area contributed by atoms with Crippen molar-refractivity contribution in [1.82, 2.24) is 20.2 Å². The van der Waals surface area contributed by atoms with E-state index in [1.807, 2.05) is 18.2 Å². The van der Waals surface area contributed by atoms with Crippen molar-refractivity contribution in [1.29, 1.82) is 0 Å². The SMILES string of the molecule is CC#CC(=O)N1CCC[C@H]1COc1cnccc1-c1[nH]c2c(c1Nc1cccc(Cl)c1OC)C(=O)NCC2. The van der Waals surface area contributed by atoms with Gasteiger partial charge in [-0.1, -0.05) is 23.6 Å². The van der Waals surface area contributed by atoms with Gasteiger partial charge in [-0.2, -0.15) is 0 Å². The summed E-state index contributed by atoms with van der Waals surface area (Å²) in [4.78, 5) is 34.9. The van der Waals surface area contributed by atoms with E-state index in [-0.39, 0.29) is 17.9 Å². The topological polar surface area (TPSA) is 109 Å². The largest absolute Gasteiger partial charge is 0.493 e. The lowest BCUT2D eigenvalue weighted by molar-refractivity contribution is -0.126. The molecule has 2 aromatic heterocycles. The van der Waals surface area contributed by atoms with Gasteiger partial charge in [0.1, 0.15) is 12.4 Å². The summed E-state index contributed by atoms with van der Waals surface area (Å²) in [5.41, 5.74) is 3.97. The average molecular weight is 534 g/mol. The molecule has 38 heavy (non-hydrogen) atoms. The molecule has 9 nitrogen and oxygen atoms in total. The maximum Gasteiger partial charge on any atom is 0.298 e. The number of carbonyl (C=O) groups is 2. The van der Waals surface area contributed by atoms with E-state index in [1.165, 1.54) is 0 Å². The highest BCUT2D eigenvalue weighted by Crippen LogP contribution is 2.43. The van der Waals surface area contributed by atoms with E-state index in [2.05, 4.69) is 32.4 Å². The van der Waals surface area contributed by atoms with Crippen LogP contribution in [0.4, 0.5) is 11.4 Å². The Morgan fingerprint density at radius 1 is 1.34 bits per heavy atom. The van der Waals surface area contributed by atoms with Gasteiger partial charge < -0.3 is 30.0 Å². The van der Waals surface area contributed by atoms with Gasteiger partial charge in [-0.05, 0) is 43.9 Å². The quantitative estimate of drug-likeness (QED) is 0.394. The van der Waals surface area contributed by atoms with E-state index in [0.717, 1.165) is 24.1 Å². The molecule has 1 aromatic carbocycles. The Labute approximate surface area is 225 Å². The number of methoxy groups -OCH3 is 1. The highest BCUT2D eigenvalue weighted by Gasteiger charge is 2.31. The highest BCUT2D eigenvalue weighted by atomic mass is 35.5. The standard InChI is InChI=1S/C28H28ClN5O4/c1-3-6-23(35)34-14-5-7-17(34)16-38-22-15-30-12-10-18(22)25-26(24-20(32-25)11-13-31-28(24)36)33-21-9-4-8-19(29)27(21)37-2/h4,8-10,12,15,17,32-33H,5,7,11,13-14,16H2,1-2H3,(H,31,36)/t17-/m0/s1. The molecule has 2 aliphatic rings. The monoisotopic (exact) mass is 533 g/mol. The molecule has 5 rings (SSSR count). The van der Waals surface area contributed by atoms with Crippen molar-refractivity contribution >= 4 is 34.8 Å². The zero-order valence-corrected chi connectivity index (χ0v) is 21.9. The summed E-state index contributed by atoms with van der Waals surface area (Å²) in [6, 6.07) is 7.15. The minimum atomic E-state index is -0.185. The normalized spacial score (nSPS) is 16.2. The van der Waals surface area contributed by atoms with Gasteiger partial charge in [0, 0.05) is 37.0 Å². The molecule has 1 fully saturated rings. The Morgan fingerprint density at radius 2 is 2.21 bits per heavy atom. The fourth-order valence-corrected chi connectivity index (χ4v) is 5.25. The Bertz CT molecular complexity index is 1440. The van der Waals surface area contributed by atoms with Gasteiger partial charge in [0.05, 0.1) is 47.0 Å². The number of ether oxygens (including phenoxy) is 2. The molecule has 3 N–H and O–H groups in total. The third-order valence-corrected chi connectivity index (χ3v) is 7.05. The highest BCUT2D eigenvalue weighted by molar-refractivity contribution is 6.32. The number of amides is 2. The number of pyridine rings is 1. The van der Waals surface area contributed by atoms with Crippen LogP contribution in [0.25, 0.3) is 11.3 Å². The Morgan fingerprint density at radius 3 is 3.03 bits per heavy atom. The van der Waals surface area contributed by atoms with Crippen molar-refractivity contribution in [3.8, 4) is 34.6 Å². The van der Waals surface area contributed by atoms with Gasteiger partial charge in [0.25, 0.3) is 11.8 Å². The van der Waals surface area contributed by atoms with Crippen molar-refractivity contribution in [2.24, 2.45) is 0 Å². The second-order valence-electron chi connectivity index (χ2n) is 9.03. The third-order valence-electron chi connectivity index (χ3n) is 6.75. The summed E-state index contributed by atoms with van der Waals surface area (Å²) in [6.07, 6.45) is 5.71. The van der Waals surface area contributed by atoms with Crippen LogP contribution in [0.15, 0.2) is 36.7 Å². The van der Waals surface area contributed by atoms with Crippen LogP contribution in [0.5, 0.6) is 11.5 Å². The van der Waals surface area contributed by atoms with Crippen molar-refractivity contribution in [3.63, 3.8) is 0 Å². The zero-order valence-electron chi connectivity index (χ0n) is 21.2. The number of rotatable bonds is 7. The predicted octanol–water partition coefficient (Wildman–Crippen LogP) is 4.16. The van der Waals surface area contributed by atoms with Crippen molar-refractivity contribution in [2.45, 2.75) is 32.2 Å². The molecule has 0 spiro atoms. The number of hydrogen-bond acceptors (Lipinski definition) is 6. The smallest absolute Gasteiger partial charge is 0.298 e. The molecular formula is C28H28ClN5O4. The van der Waals surface area contributed by atoms with Crippen LogP contribution in [0.3, 0.4) is 0 Å². The first kappa shape index (κ1) is 25.5. The zero-order chi connectivity index (χ0) is 26.6. The lowest BCUT2D eigenvalue weighted by atomic mass is 10.0. The van der Waals surface area contributed by atoms with Crippen molar-refractivity contribution in [2.75, 3.05) is 32.1 Å². The molecule has 4 heterocycles. The summed E-state index contributed by atoms with van der Waals surface area (Å²) < 4.78 is 11.8. The van der Waals surface area contributed by atoms with Gasteiger partial charge in [-0.3, -0.25) is 14.6 Å². The van der Waals surface area contributed by atoms with E-state index in [1.54, 1.807) is 37.4 Å². The molecule has 0 bridgehead atoms. The number of benzene rings is 1. The van der Waals surface area contributed by atoms with Gasteiger partial charge in [-0.15, -0.1) is 0 Å². The fourth-order valence-electron chi connectivity index (χ4n) is 5.00. The Balaban J connectivity index is 1.51.